The maximum absolute atomic E-state index is 12.8. The van der Waals surface area contributed by atoms with Gasteiger partial charge in [0.25, 0.3) is 0 Å². The molecule has 0 aliphatic carbocycles. The van der Waals surface area contributed by atoms with E-state index < -0.39 is 12.0 Å². The van der Waals surface area contributed by atoms with Crippen LogP contribution in [-0.2, 0) is 9.53 Å². The van der Waals surface area contributed by atoms with Crippen molar-refractivity contribution in [3.8, 4) is 5.75 Å². The molecule has 34 heavy (non-hydrogen) atoms. The minimum Gasteiger partial charge on any atom is -0.492 e. The Kier molecular flexibility index (Phi) is 8.10. The lowest BCUT2D eigenvalue weighted by Crippen LogP contribution is -2.52. The molecule has 2 aliphatic rings. The summed E-state index contributed by atoms with van der Waals surface area (Å²) < 4.78 is 16.6. The van der Waals surface area contributed by atoms with E-state index in [2.05, 4.69) is 20.4 Å². The minimum absolute atomic E-state index is 0.241. The van der Waals surface area contributed by atoms with Crippen molar-refractivity contribution in [1.82, 2.24) is 20.4 Å². The van der Waals surface area contributed by atoms with Gasteiger partial charge in [0.15, 0.2) is 0 Å². The molecule has 0 bridgehead atoms. The molecular weight excluding hydrogens is 460 g/mol. The number of halogens is 1. The second kappa shape index (κ2) is 11.4. The van der Waals surface area contributed by atoms with Crippen LogP contribution in [-0.4, -0.2) is 74.3 Å². The molecule has 2 aliphatic heterocycles. The number of carbonyl (C=O) groups is 2. The summed E-state index contributed by atoms with van der Waals surface area (Å²) in [6.07, 6.45) is 1.52. The maximum Gasteiger partial charge on any atom is 0.338 e. The highest BCUT2D eigenvalue weighted by atomic mass is 35.5. The first-order valence-corrected chi connectivity index (χ1v) is 11.8. The lowest BCUT2D eigenvalue weighted by Gasteiger charge is -2.36. The smallest absolute Gasteiger partial charge is 0.338 e. The van der Waals surface area contributed by atoms with E-state index in [9.17, 15) is 9.59 Å². The van der Waals surface area contributed by atoms with Crippen LogP contribution in [0.5, 0.6) is 5.75 Å². The second-order valence-electron chi connectivity index (χ2n) is 8.08. The van der Waals surface area contributed by atoms with Gasteiger partial charge in [0.1, 0.15) is 24.2 Å². The van der Waals surface area contributed by atoms with Crippen LogP contribution in [0.3, 0.4) is 0 Å². The average Bonchev–Trinajstić information content (AvgIpc) is 3.36. The SMILES string of the molecule is CCOC(=O)C1=C(CN2CCN(CCOc3ccc(Cl)cc3)CC2)NC(=O)NC1c1ccco1. The molecule has 3 heterocycles. The molecule has 1 fully saturated rings. The summed E-state index contributed by atoms with van der Waals surface area (Å²) in [4.78, 5) is 29.7. The van der Waals surface area contributed by atoms with Crippen LogP contribution < -0.4 is 15.4 Å². The van der Waals surface area contributed by atoms with Crippen LogP contribution in [0.2, 0.25) is 5.02 Å². The number of nitrogens with zero attached hydrogens (tertiary/aromatic N) is 2. The summed E-state index contributed by atoms with van der Waals surface area (Å²) in [5.41, 5.74) is 0.915. The fourth-order valence-electron chi connectivity index (χ4n) is 4.08. The Morgan fingerprint density at radius 3 is 2.56 bits per heavy atom. The number of furan rings is 1. The highest BCUT2D eigenvalue weighted by molar-refractivity contribution is 6.30. The number of nitrogens with one attached hydrogen (secondary N) is 2. The van der Waals surface area contributed by atoms with Crippen LogP contribution in [0.1, 0.15) is 18.7 Å². The molecule has 0 saturated carbocycles. The van der Waals surface area contributed by atoms with Gasteiger partial charge in [-0.15, -0.1) is 0 Å². The standard InChI is InChI=1S/C24H29ClN4O5/c1-2-32-23(30)21-19(26-24(31)27-22(21)20-4-3-14-34-20)16-29-11-9-28(10-12-29)13-15-33-18-7-5-17(25)6-8-18/h3-8,14,22H,2,9-13,15-16H2,1H3,(H2,26,27,31). The number of hydrogen-bond donors (Lipinski definition) is 2. The molecule has 0 spiro atoms. The van der Waals surface area contributed by atoms with Crippen molar-refractivity contribution in [2.24, 2.45) is 0 Å². The molecule has 1 aromatic carbocycles. The molecule has 2 amide bonds. The summed E-state index contributed by atoms with van der Waals surface area (Å²) in [6.45, 7) is 7.16. The predicted molar refractivity (Wildman–Crippen MR) is 127 cm³/mol. The van der Waals surface area contributed by atoms with Crippen molar-refractivity contribution in [2.45, 2.75) is 13.0 Å². The Morgan fingerprint density at radius 2 is 1.88 bits per heavy atom. The summed E-state index contributed by atoms with van der Waals surface area (Å²) in [6, 6.07) is 9.73. The normalized spacial score (nSPS) is 19.5. The molecule has 182 valence electrons. The fraction of sp³-hybridized carbons (Fsp3) is 0.417. The first-order chi connectivity index (χ1) is 16.5. The summed E-state index contributed by atoms with van der Waals surface area (Å²) in [5, 5.41) is 6.27. The monoisotopic (exact) mass is 488 g/mol. The van der Waals surface area contributed by atoms with E-state index in [0.717, 1.165) is 38.5 Å². The van der Waals surface area contributed by atoms with Gasteiger partial charge in [-0.3, -0.25) is 9.80 Å². The quantitative estimate of drug-likeness (QED) is 0.524. The molecule has 1 unspecified atom stereocenters. The first kappa shape index (κ1) is 24.1. The summed E-state index contributed by atoms with van der Waals surface area (Å²) in [7, 11) is 0. The van der Waals surface area contributed by atoms with Crippen molar-refractivity contribution < 1.29 is 23.5 Å². The molecule has 10 heteroatoms. The topological polar surface area (TPSA) is 96.3 Å². The van der Waals surface area contributed by atoms with Gasteiger partial charge in [0, 0.05) is 50.0 Å². The molecule has 1 aromatic heterocycles. The number of amides is 2. The number of esters is 1. The molecule has 0 radical (unpaired) electrons. The van der Waals surface area contributed by atoms with Crippen molar-refractivity contribution in [3.63, 3.8) is 0 Å². The van der Waals surface area contributed by atoms with Gasteiger partial charge in [0.05, 0.1) is 18.4 Å². The van der Waals surface area contributed by atoms with E-state index in [-0.39, 0.29) is 12.6 Å². The lowest BCUT2D eigenvalue weighted by molar-refractivity contribution is -0.139. The van der Waals surface area contributed by atoms with E-state index in [1.165, 1.54) is 6.26 Å². The predicted octanol–water partition coefficient (Wildman–Crippen LogP) is 2.80. The molecule has 1 atom stereocenters. The van der Waals surface area contributed by atoms with Crippen LogP contribution in [0, 0.1) is 0 Å². The van der Waals surface area contributed by atoms with Gasteiger partial charge < -0.3 is 24.5 Å². The number of piperazine rings is 1. The maximum atomic E-state index is 12.8. The Balaban J connectivity index is 1.35. The van der Waals surface area contributed by atoms with Gasteiger partial charge in [0.2, 0.25) is 0 Å². The Labute approximate surface area is 203 Å². The Hall–Kier alpha value is -3.01. The largest absolute Gasteiger partial charge is 0.492 e. The summed E-state index contributed by atoms with van der Waals surface area (Å²) >= 11 is 5.91. The van der Waals surface area contributed by atoms with Gasteiger partial charge in [-0.25, -0.2) is 9.59 Å². The van der Waals surface area contributed by atoms with Gasteiger partial charge in [-0.2, -0.15) is 0 Å². The third-order valence-electron chi connectivity index (χ3n) is 5.81. The van der Waals surface area contributed by atoms with E-state index >= 15 is 0 Å². The van der Waals surface area contributed by atoms with E-state index in [4.69, 9.17) is 25.5 Å². The highest BCUT2D eigenvalue weighted by Crippen LogP contribution is 2.28. The van der Waals surface area contributed by atoms with E-state index in [0.29, 0.717) is 35.2 Å². The van der Waals surface area contributed by atoms with Crippen molar-refractivity contribution in [1.29, 1.82) is 0 Å². The Morgan fingerprint density at radius 1 is 1.15 bits per heavy atom. The Bertz CT molecular complexity index is 1000. The molecular formula is C24H29ClN4O5. The zero-order valence-corrected chi connectivity index (χ0v) is 19.8. The van der Waals surface area contributed by atoms with Crippen molar-refractivity contribution >= 4 is 23.6 Å². The van der Waals surface area contributed by atoms with Crippen molar-refractivity contribution in [2.75, 3.05) is 52.5 Å². The zero-order chi connectivity index (χ0) is 23.9. The van der Waals surface area contributed by atoms with Gasteiger partial charge >= 0.3 is 12.0 Å². The zero-order valence-electron chi connectivity index (χ0n) is 19.1. The number of rotatable bonds is 9. The van der Waals surface area contributed by atoms with E-state index in [1.807, 2.05) is 24.3 Å². The van der Waals surface area contributed by atoms with E-state index in [1.54, 1.807) is 19.1 Å². The van der Waals surface area contributed by atoms with Crippen molar-refractivity contribution in [3.05, 3.63) is 64.7 Å². The molecule has 2 aromatic rings. The minimum atomic E-state index is -0.691. The molecule has 2 N–H and O–H groups in total. The van der Waals surface area contributed by atoms with Crippen LogP contribution in [0.4, 0.5) is 4.79 Å². The fourth-order valence-corrected chi connectivity index (χ4v) is 4.21. The third-order valence-corrected chi connectivity index (χ3v) is 6.07. The molecule has 9 nitrogen and oxygen atoms in total. The number of benzene rings is 1. The summed E-state index contributed by atoms with van der Waals surface area (Å²) in [5.74, 6) is 0.819. The average molecular weight is 489 g/mol. The molecule has 4 rings (SSSR count). The molecule has 1 saturated heterocycles. The number of carbonyl (C=O) groups excluding carboxylic acids is 2. The number of urea groups is 1. The van der Waals surface area contributed by atoms with Crippen LogP contribution in [0.15, 0.2) is 58.3 Å². The second-order valence-corrected chi connectivity index (χ2v) is 8.52. The van der Waals surface area contributed by atoms with Crippen LogP contribution in [0.25, 0.3) is 0 Å². The number of ether oxygens (including phenoxy) is 2. The lowest BCUT2D eigenvalue weighted by atomic mass is 9.99. The highest BCUT2D eigenvalue weighted by Gasteiger charge is 2.36. The van der Waals surface area contributed by atoms with Gasteiger partial charge in [-0.1, -0.05) is 11.6 Å². The van der Waals surface area contributed by atoms with Crippen LogP contribution >= 0.6 is 11.6 Å². The third kappa shape index (κ3) is 6.11. The van der Waals surface area contributed by atoms with Gasteiger partial charge in [-0.05, 0) is 43.3 Å². The number of hydrogen-bond acceptors (Lipinski definition) is 7. The first-order valence-electron chi connectivity index (χ1n) is 11.4.